The first-order valence-electron chi connectivity index (χ1n) is 7.71. The highest BCUT2D eigenvalue weighted by Crippen LogP contribution is 2.19. The Balaban J connectivity index is 2.61. The maximum Gasteiger partial charge on any atom is 0.313 e. The lowest BCUT2D eigenvalue weighted by Gasteiger charge is -2.29. The van der Waals surface area contributed by atoms with Gasteiger partial charge in [0.1, 0.15) is 0 Å². The van der Waals surface area contributed by atoms with Gasteiger partial charge in [-0.2, -0.15) is 0 Å². The quantitative estimate of drug-likeness (QED) is 0.704. The number of aryl methyl sites for hydroxylation is 1. The predicted molar refractivity (Wildman–Crippen MR) is 87.5 cm³/mol. The van der Waals surface area contributed by atoms with E-state index in [-0.39, 0.29) is 12.5 Å². The largest absolute Gasteiger partial charge is 0.388 e. The predicted octanol–water partition coefficient (Wildman–Crippen LogP) is 2.10. The third-order valence-corrected chi connectivity index (χ3v) is 4.13. The fraction of sp³-hybridized carbons (Fsp3) is 0.529. The van der Waals surface area contributed by atoms with Crippen LogP contribution in [-0.4, -0.2) is 29.1 Å². The maximum atomic E-state index is 11.9. The van der Waals surface area contributed by atoms with E-state index in [2.05, 4.69) is 10.6 Å². The molecular weight excluding hydrogens is 280 g/mol. The first-order chi connectivity index (χ1) is 10.3. The molecule has 2 unspecified atom stereocenters. The van der Waals surface area contributed by atoms with Crippen LogP contribution in [0.1, 0.15) is 39.7 Å². The summed E-state index contributed by atoms with van der Waals surface area (Å²) in [5.41, 5.74) is 0.570. The molecule has 0 aromatic heterocycles. The van der Waals surface area contributed by atoms with Gasteiger partial charge >= 0.3 is 11.8 Å². The Labute approximate surface area is 132 Å². The standard InChI is InChI=1S/C17H26N2O3/c1-5-12(3)17(4,22)11-18-15(20)16(21)19-14-10-8-7-9-13(14)6-2/h7-10,12,22H,5-6,11H2,1-4H3,(H,18,20)(H,19,21). The minimum atomic E-state index is -1.04. The number of nitrogens with one attached hydrogen (secondary N) is 2. The Hall–Kier alpha value is -1.88. The third-order valence-electron chi connectivity index (χ3n) is 4.13. The Bertz CT molecular complexity index is 526. The molecule has 0 heterocycles. The van der Waals surface area contributed by atoms with E-state index in [9.17, 15) is 14.7 Å². The number of hydrogen-bond donors (Lipinski definition) is 3. The molecule has 1 aromatic carbocycles. The molecule has 0 aliphatic rings. The summed E-state index contributed by atoms with van der Waals surface area (Å²) in [4.78, 5) is 23.8. The van der Waals surface area contributed by atoms with Crippen molar-refractivity contribution in [3.05, 3.63) is 29.8 Å². The molecular formula is C17H26N2O3. The number of rotatable bonds is 6. The summed E-state index contributed by atoms with van der Waals surface area (Å²) in [5.74, 6) is -1.44. The summed E-state index contributed by atoms with van der Waals surface area (Å²) in [5, 5.41) is 15.3. The minimum absolute atomic E-state index is 0.0247. The number of benzene rings is 1. The van der Waals surface area contributed by atoms with Crippen molar-refractivity contribution in [3.8, 4) is 0 Å². The van der Waals surface area contributed by atoms with Crippen LogP contribution >= 0.6 is 0 Å². The van der Waals surface area contributed by atoms with Gasteiger partial charge in [0.15, 0.2) is 0 Å². The average Bonchev–Trinajstić information content (AvgIpc) is 2.52. The first-order valence-corrected chi connectivity index (χ1v) is 7.71. The molecule has 0 aliphatic heterocycles. The van der Waals surface area contributed by atoms with Gasteiger partial charge in [0.25, 0.3) is 0 Å². The van der Waals surface area contributed by atoms with Crippen molar-refractivity contribution < 1.29 is 14.7 Å². The number of amides is 2. The lowest BCUT2D eigenvalue weighted by atomic mass is 9.89. The van der Waals surface area contributed by atoms with Crippen molar-refractivity contribution in [1.29, 1.82) is 0 Å². The number of anilines is 1. The molecule has 3 N–H and O–H groups in total. The normalized spacial score (nSPS) is 14.8. The molecule has 0 fully saturated rings. The van der Waals surface area contributed by atoms with Gasteiger partial charge in [-0.1, -0.05) is 45.4 Å². The second-order valence-electron chi connectivity index (χ2n) is 5.81. The summed E-state index contributed by atoms with van der Waals surface area (Å²) in [6, 6.07) is 7.36. The summed E-state index contributed by atoms with van der Waals surface area (Å²) >= 11 is 0. The van der Waals surface area contributed by atoms with Crippen LogP contribution < -0.4 is 10.6 Å². The van der Waals surface area contributed by atoms with Crippen LogP contribution in [0.25, 0.3) is 0 Å². The lowest BCUT2D eigenvalue weighted by molar-refractivity contribution is -0.137. The van der Waals surface area contributed by atoms with Crippen LogP contribution in [0.5, 0.6) is 0 Å². The topological polar surface area (TPSA) is 78.4 Å². The van der Waals surface area contributed by atoms with Gasteiger partial charge < -0.3 is 15.7 Å². The molecule has 5 heteroatoms. The molecule has 1 rings (SSSR count). The van der Waals surface area contributed by atoms with E-state index in [0.717, 1.165) is 18.4 Å². The molecule has 2 atom stereocenters. The second-order valence-corrected chi connectivity index (χ2v) is 5.81. The molecule has 0 aliphatic carbocycles. The monoisotopic (exact) mass is 306 g/mol. The van der Waals surface area contributed by atoms with Crippen molar-refractivity contribution in [3.63, 3.8) is 0 Å². The number of hydrogen-bond acceptors (Lipinski definition) is 3. The van der Waals surface area contributed by atoms with Gasteiger partial charge in [-0.25, -0.2) is 0 Å². The number of para-hydroxylation sites is 1. The van der Waals surface area contributed by atoms with Crippen molar-refractivity contribution in [2.75, 3.05) is 11.9 Å². The molecule has 0 bridgehead atoms. The zero-order valence-electron chi connectivity index (χ0n) is 13.8. The van der Waals surface area contributed by atoms with Gasteiger partial charge in [-0.15, -0.1) is 0 Å². The Morgan fingerprint density at radius 2 is 1.86 bits per heavy atom. The highest BCUT2D eigenvalue weighted by molar-refractivity contribution is 6.39. The van der Waals surface area contributed by atoms with Gasteiger partial charge in [0, 0.05) is 12.2 Å². The van der Waals surface area contributed by atoms with E-state index in [0.29, 0.717) is 5.69 Å². The van der Waals surface area contributed by atoms with E-state index in [1.165, 1.54) is 0 Å². The Morgan fingerprint density at radius 3 is 2.45 bits per heavy atom. The van der Waals surface area contributed by atoms with E-state index in [1.54, 1.807) is 19.1 Å². The Kier molecular flexibility index (Phi) is 6.56. The molecule has 5 nitrogen and oxygen atoms in total. The van der Waals surface area contributed by atoms with Crippen LogP contribution in [0.4, 0.5) is 5.69 Å². The molecule has 22 heavy (non-hydrogen) atoms. The van der Waals surface area contributed by atoms with E-state index in [1.807, 2.05) is 32.9 Å². The van der Waals surface area contributed by atoms with E-state index in [4.69, 9.17) is 0 Å². The fourth-order valence-electron chi connectivity index (χ4n) is 2.08. The average molecular weight is 306 g/mol. The van der Waals surface area contributed by atoms with Gasteiger partial charge in [0.05, 0.1) is 5.60 Å². The minimum Gasteiger partial charge on any atom is -0.388 e. The number of carbonyl (C=O) groups is 2. The highest BCUT2D eigenvalue weighted by atomic mass is 16.3. The fourth-order valence-corrected chi connectivity index (χ4v) is 2.08. The first kappa shape index (κ1) is 18.2. The number of carbonyl (C=O) groups excluding carboxylic acids is 2. The number of aliphatic hydroxyl groups is 1. The summed E-state index contributed by atoms with van der Waals surface area (Å²) in [6.07, 6.45) is 1.56. The zero-order chi connectivity index (χ0) is 16.8. The van der Waals surface area contributed by atoms with Crippen LogP contribution in [0.2, 0.25) is 0 Å². The molecule has 0 saturated carbocycles. The van der Waals surface area contributed by atoms with Gasteiger partial charge in [-0.3, -0.25) is 9.59 Å². The van der Waals surface area contributed by atoms with Crippen LogP contribution in [-0.2, 0) is 16.0 Å². The highest BCUT2D eigenvalue weighted by Gasteiger charge is 2.28. The van der Waals surface area contributed by atoms with Crippen LogP contribution in [0, 0.1) is 5.92 Å². The van der Waals surface area contributed by atoms with Gasteiger partial charge in [0.2, 0.25) is 0 Å². The molecule has 0 saturated heterocycles. The van der Waals surface area contributed by atoms with Gasteiger partial charge in [-0.05, 0) is 30.9 Å². The summed E-state index contributed by atoms with van der Waals surface area (Å²) in [6.45, 7) is 7.56. The summed E-state index contributed by atoms with van der Waals surface area (Å²) in [7, 11) is 0. The third kappa shape index (κ3) is 4.84. The van der Waals surface area contributed by atoms with Crippen LogP contribution in [0.15, 0.2) is 24.3 Å². The molecule has 0 spiro atoms. The smallest absolute Gasteiger partial charge is 0.313 e. The zero-order valence-corrected chi connectivity index (χ0v) is 13.8. The van der Waals surface area contributed by atoms with Crippen molar-refractivity contribution >= 4 is 17.5 Å². The molecule has 2 amide bonds. The van der Waals surface area contributed by atoms with E-state index < -0.39 is 17.4 Å². The molecule has 1 aromatic rings. The SMILES string of the molecule is CCc1ccccc1NC(=O)C(=O)NCC(C)(O)C(C)CC. The molecule has 122 valence electrons. The van der Waals surface area contributed by atoms with Crippen molar-refractivity contribution in [1.82, 2.24) is 5.32 Å². The van der Waals surface area contributed by atoms with Crippen molar-refractivity contribution in [2.45, 2.75) is 46.1 Å². The Morgan fingerprint density at radius 1 is 1.23 bits per heavy atom. The lowest BCUT2D eigenvalue weighted by Crippen LogP contribution is -2.47. The maximum absolute atomic E-state index is 11.9. The second kappa shape index (κ2) is 7.94. The van der Waals surface area contributed by atoms with Crippen molar-refractivity contribution in [2.24, 2.45) is 5.92 Å². The van der Waals surface area contributed by atoms with Crippen LogP contribution in [0.3, 0.4) is 0 Å². The summed E-state index contributed by atoms with van der Waals surface area (Å²) < 4.78 is 0. The molecule has 0 radical (unpaired) electrons. The van der Waals surface area contributed by atoms with E-state index >= 15 is 0 Å².